The Morgan fingerprint density at radius 2 is 1.97 bits per heavy atom. The van der Waals surface area contributed by atoms with E-state index >= 15 is 0 Å². The maximum absolute atomic E-state index is 13.8. The van der Waals surface area contributed by atoms with E-state index < -0.39 is 22.7 Å². The van der Waals surface area contributed by atoms with Crippen molar-refractivity contribution in [3.8, 4) is 11.8 Å². The fourth-order valence-electron chi connectivity index (χ4n) is 4.21. The van der Waals surface area contributed by atoms with E-state index in [1.165, 1.54) is 6.07 Å². The van der Waals surface area contributed by atoms with Gasteiger partial charge in [-0.2, -0.15) is 18.4 Å². The fourth-order valence-corrected chi connectivity index (χ4v) is 4.21. The van der Waals surface area contributed by atoms with Crippen molar-refractivity contribution in [2.75, 3.05) is 13.2 Å². The van der Waals surface area contributed by atoms with Gasteiger partial charge in [0.1, 0.15) is 5.75 Å². The van der Waals surface area contributed by atoms with Gasteiger partial charge in [-0.05, 0) is 29.8 Å². The van der Waals surface area contributed by atoms with Crippen LogP contribution in [0.15, 0.2) is 30.3 Å². The van der Waals surface area contributed by atoms with Crippen molar-refractivity contribution in [1.82, 2.24) is 4.98 Å². The summed E-state index contributed by atoms with van der Waals surface area (Å²) in [5.74, 6) is 0.130. The number of ketones is 1. The number of fused-ring (bicyclic) bond motifs is 4. The third-order valence-electron chi connectivity index (χ3n) is 5.71. The molecule has 31 heavy (non-hydrogen) atoms. The number of ether oxygens (including phenoxy) is 1. The van der Waals surface area contributed by atoms with Crippen molar-refractivity contribution < 1.29 is 27.8 Å². The molecule has 3 aromatic rings. The van der Waals surface area contributed by atoms with Gasteiger partial charge in [0, 0.05) is 35.1 Å². The molecule has 160 valence electrons. The van der Waals surface area contributed by atoms with E-state index in [2.05, 4.69) is 4.98 Å². The number of aliphatic hydroxyl groups excluding tert-OH is 1. The number of nitrogens with zero attached hydrogens (tertiary/aromatic N) is 1. The number of nitriles is 1. The molecule has 0 radical (unpaired) electrons. The summed E-state index contributed by atoms with van der Waals surface area (Å²) in [6.07, 6.45) is -4.31. The SMILES string of the molecule is CC1(C)c2cc(OCCCO)ccc2C(=O)c2c1[nH]c1c(C(F)(F)F)c(C#N)ccc21. The van der Waals surface area contributed by atoms with Crippen molar-refractivity contribution in [2.24, 2.45) is 0 Å². The van der Waals surface area contributed by atoms with E-state index in [9.17, 15) is 23.2 Å². The van der Waals surface area contributed by atoms with E-state index in [1.807, 2.05) is 13.8 Å². The average Bonchev–Trinajstić information content (AvgIpc) is 3.11. The lowest BCUT2D eigenvalue weighted by Gasteiger charge is -2.32. The van der Waals surface area contributed by atoms with E-state index in [-0.39, 0.29) is 28.9 Å². The number of nitrogens with one attached hydrogen (secondary N) is 1. The molecule has 0 saturated heterocycles. The van der Waals surface area contributed by atoms with Crippen LogP contribution in [0.25, 0.3) is 10.9 Å². The number of carbonyl (C=O) groups excluding carboxylic acids is 1. The predicted molar refractivity (Wildman–Crippen MR) is 107 cm³/mol. The highest BCUT2D eigenvalue weighted by Gasteiger charge is 2.43. The number of benzene rings is 2. The smallest absolute Gasteiger partial charge is 0.419 e. The molecule has 4 rings (SSSR count). The molecule has 5 nitrogen and oxygen atoms in total. The molecule has 0 saturated carbocycles. The van der Waals surface area contributed by atoms with Crippen molar-refractivity contribution in [3.05, 3.63) is 63.8 Å². The van der Waals surface area contributed by atoms with Gasteiger partial charge in [-0.25, -0.2) is 0 Å². The molecule has 0 amide bonds. The summed E-state index contributed by atoms with van der Waals surface area (Å²) in [4.78, 5) is 16.2. The Morgan fingerprint density at radius 1 is 1.23 bits per heavy atom. The summed E-state index contributed by atoms with van der Waals surface area (Å²) in [6, 6.07) is 9.06. The van der Waals surface area contributed by atoms with Crippen LogP contribution in [0, 0.1) is 11.3 Å². The molecule has 1 aromatic heterocycles. The van der Waals surface area contributed by atoms with E-state index in [4.69, 9.17) is 9.84 Å². The lowest BCUT2D eigenvalue weighted by atomic mass is 9.71. The first-order valence-corrected chi connectivity index (χ1v) is 9.70. The number of carbonyl (C=O) groups is 1. The quantitative estimate of drug-likeness (QED) is 0.591. The van der Waals surface area contributed by atoms with E-state index in [0.29, 0.717) is 35.6 Å². The van der Waals surface area contributed by atoms with Gasteiger partial charge in [0.15, 0.2) is 5.78 Å². The Labute approximate surface area is 176 Å². The standard InChI is InChI=1S/C23H19F3N2O3/c1-22(2)16-10-13(31-9-3-8-29)5-7-14(16)20(30)17-15-6-4-12(11-27)18(23(24,25)26)19(15)28-21(17)22/h4-7,10,28-29H,3,8-9H2,1-2H3. The highest BCUT2D eigenvalue weighted by molar-refractivity contribution is 6.20. The molecule has 8 heteroatoms. The van der Waals surface area contributed by atoms with Crippen LogP contribution in [0.5, 0.6) is 5.75 Å². The Balaban J connectivity index is 1.95. The van der Waals surface area contributed by atoms with Gasteiger partial charge in [0.25, 0.3) is 0 Å². The zero-order chi connectivity index (χ0) is 22.6. The first-order valence-electron chi connectivity index (χ1n) is 9.70. The van der Waals surface area contributed by atoms with Crippen LogP contribution in [0.1, 0.15) is 58.6 Å². The second kappa shape index (κ2) is 7.13. The van der Waals surface area contributed by atoms with Crippen molar-refractivity contribution in [2.45, 2.75) is 31.9 Å². The third kappa shape index (κ3) is 3.17. The van der Waals surface area contributed by atoms with Crippen LogP contribution in [0.2, 0.25) is 0 Å². The topological polar surface area (TPSA) is 86.1 Å². The summed E-state index contributed by atoms with van der Waals surface area (Å²) in [5.41, 5.74) is -1.06. The van der Waals surface area contributed by atoms with Crippen molar-refractivity contribution in [3.63, 3.8) is 0 Å². The molecule has 1 heterocycles. The number of aromatic nitrogens is 1. The second-order valence-electron chi connectivity index (χ2n) is 7.98. The number of alkyl halides is 3. The number of hydrogen-bond acceptors (Lipinski definition) is 4. The first-order chi connectivity index (χ1) is 14.6. The van der Waals surface area contributed by atoms with Crippen LogP contribution >= 0.6 is 0 Å². The normalized spacial score (nSPS) is 14.8. The molecule has 0 bridgehead atoms. The number of halogens is 3. The summed E-state index contributed by atoms with van der Waals surface area (Å²) >= 11 is 0. The van der Waals surface area contributed by atoms with Gasteiger partial charge in [-0.3, -0.25) is 4.79 Å². The first kappa shape index (κ1) is 20.9. The summed E-state index contributed by atoms with van der Waals surface area (Å²) in [5, 5.41) is 18.3. The van der Waals surface area contributed by atoms with Crippen LogP contribution in [-0.2, 0) is 11.6 Å². The molecule has 0 unspecified atom stereocenters. The zero-order valence-corrected chi connectivity index (χ0v) is 16.9. The molecule has 0 spiro atoms. The van der Waals surface area contributed by atoms with Gasteiger partial charge < -0.3 is 14.8 Å². The van der Waals surface area contributed by atoms with Gasteiger partial charge in [-0.15, -0.1) is 0 Å². The number of aromatic amines is 1. The van der Waals surface area contributed by atoms with Crippen molar-refractivity contribution >= 4 is 16.7 Å². The Kier molecular flexibility index (Phi) is 4.82. The van der Waals surface area contributed by atoms with Gasteiger partial charge >= 0.3 is 6.18 Å². The lowest BCUT2D eigenvalue weighted by molar-refractivity contribution is -0.136. The Bertz CT molecular complexity index is 1250. The molecule has 0 aliphatic heterocycles. The molecule has 0 fully saturated rings. The van der Waals surface area contributed by atoms with E-state index in [1.54, 1.807) is 24.3 Å². The molecule has 1 aliphatic carbocycles. The highest BCUT2D eigenvalue weighted by atomic mass is 19.4. The predicted octanol–water partition coefficient (Wildman–Crippen LogP) is 4.69. The largest absolute Gasteiger partial charge is 0.493 e. The Morgan fingerprint density at radius 3 is 2.61 bits per heavy atom. The molecular formula is C23H19F3N2O3. The summed E-state index contributed by atoms with van der Waals surface area (Å²) < 4.78 is 47.0. The second-order valence-corrected chi connectivity index (χ2v) is 7.98. The third-order valence-corrected chi connectivity index (χ3v) is 5.71. The minimum absolute atomic E-state index is 0.0143. The average molecular weight is 428 g/mol. The molecule has 1 aliphatic rings. The van der Waals surface area contributed by atoms with Gasteiger partial charge in [-0.1, -0.05) is 19.9 Å². The van der Waals surface area contributed by atoms with Gasteiger partial charge in [0.2, 0.25) is 0 Å². The molecule has 2 N–H and O–H groups in total. The van der Waals surface area contributed by atoms with Crippen LogP contribution in [0.4, 0.5) is 13.2 Å². The number of hydrogen-bond donors (Lipinski definition) is 2. The van der Waals surface area contributed by atoms with Crippen LogP contribution in [-0.4, -0.2) is 29.1 Å². The summed E-state index contributed by atoms with van der Waals surface area (Å²) in [6.45, 7) is 3.93. The Hall–Kier alpha value is -3.31. The monoisotopic (exact) mass is 428 g/mol. The van der Waals surface area contributed by atoms with E-state index in [0.717, 1.165) is 6.07 Å². The number of H-pyrrole nitrogens is 1. The number of aliphatic hydroxyl groups is 1. The van der Waals surface area contributed by atoms with Crippen molar-refractivity contribution in [1.29, 1.82) is 5.26 Å². The molecule has 2 aromatic carbocycles. The maximum atomic E-state index is 13.8. The van der Waals surface area contributed by atoms with Crippen LogP contribution in [0.3, 0.4) is 0 Å². The van der Waals surface area contributed by atoms with Gasteiger partial charge in [0.05, 0.1) is 34.9 Å². The maximum Gasteiger partial charge on any atom is 0.419 e. The summed E-state index contributed by atoms with van der Waals surface area (Å²) in [7, 11) is 0. The molecular weight excluding hydrogens is 409 g/mol. The minimum atomic E-state index is -4.76. The minimum Gasteiger partial charge on any atom is -0.493 e. The molecule has 0 atom stereocenters. The number of rotatable bonds is 4. The zero-order valence-electron chi connectivity index (χ0n) is 16.9. The highest BCUT2D eigenvalue weighted by Crippen LogP contribution is 2.47. The lowest BCUT2D eigenvalue weighted by Crippen LogP contribution is -2.30. The fraction of sp³-hybridized carbons (Fsp3) is 0.304. The van der Waals surface area contributed by atoms with Crippen LogP contribution < -0.4 is 4.74 Å².